The monoisotopic (exact) mass is 326 g/mol. The second-order valence-electron chi connectivity index (χ2n) is 4.32. The fourth-order valence-corrected chi connectivity index (χ4v) is 2.57. The largest absolute Gasteiger partial charge is 0.490 e. The van der Waals surface area contributed by atoms with Gasteiger partial charge in [-0.2, -0.15) is 13.2 Å². The SMILES string of the molecule is Nc1ccccc1OCCNS(=O)(=O)CCCC(F)(F)F. The molecule has 0 bridgehead atoms. The van der Waals surface area contributed by atoms with Crippen molar-refractivity contribution >= 4 is 15.7 Å². The predicted octanol–water partition coefficient (Wildman–Crippen LogP) is 1.91. The lowest BCUT2D eigenvalue weighted by molar-refractivity contribution is -0.134. The lowest BCUT2D eigenvalue weighted by atomic mass is 10.3. The molecule has 1 aromatic rings. The van der Waals surface area contributed by atoms with Crippen molar-refractivity contribution < 1.29 is 26.3 Å². The summed E-state index contributed by atoms with van der Waals surface area (Å²) in [6.07, 6.45) is -5.93. The van der Waals surface area contributed by atoms with Crippen LogP contribution in [0.5, 0.6) is 5.75 Å². The Morgan fingerprint density at radius 2 is 1.90 bits per heavy atom. The van der Waals surface area contributed by atoms with E-state index in [4.69, 9.17) is 10.5 Å². The molecule has 120 valence electrons. The Labute approximate surface area is 121 Å². The molecule has 0 heterocycles. The van der Waals surface area contributed by atoms with Crippen LogP contribution in [0.25, 0.3) is 0 Å². The summed E-state index contributed by atoms with van der Waals surface area (Å²) in [6, 6.07) is 6.71. The van der Waals surface area contributed by atoms with E-state index >= 15 is 0 Å². The molecule has 0 atom stereocenters. The van der Waals surface area contributed by atoms with Crippen molar-refractivity contribution in [3.63, 3.8) is 0 Å². The molecule has 5 nitrogen and oxygen atoms in total. The van der Waals surface area contributed by atoms with Crippen LogP contribution in [0.3, 0.4) is 0 Å². The summed E-state index contributed by atoms with van der Waals surface area (Å²) in [4.78, 5) is 0. The molecule has 0 aliphatic carbocycles. The van der Waals surface area contributed by atoms with Gasteiger partial charge >= 0.3 is 6.18 Å². The molecule has 0 fully saturated rings. The molecule has 0 amide bonds. The number of hydrogen-bond donors (Lipinski definition) is 2. The van der Waals surface area contributed by atoms with Gasteiger partial charge in [-0.25, -0.2) is 13.1 Å². The van der Waals surface area contributed by atoms with E-state index in [2.05, 4.69) is 4.72 Å². The number of halogens is 3. The van der Waals surface area contributed by atoms with Crippen molar-refractivity contribution in [3.8, 4) is 5.75 Å². The van der Waals surface area contributed by atoms with Gasteiger partial charge in [-0.05, 0) is 18.6 Å². The van der Waals surface area contributed by atoms with Crippen molar-refractivity contribution in [1.29, 1.82) is 0 Å². The predicted molar refractivity (Wildman–Crippen MR) is 73.4 cm³/mol. The molecule has 0 aromatic heterocycles. The lowest BCUT2D eigenvalue weighted by Gasteiger charge is -2.10. The van der Waals surface area contributed by atoms with E-state index < -0.39 is 34.8 Å². The maximum absolute atomic E-state index is 11.9. The second-order valence-corrected chi connectivity index (χ2v) is 6.24. The molecule has 0 radical (unpaired) electrons. The first kappa shape index (κ1) is 17.6. The number of nitrogen functional groups attached to an aromatic ring is 1. The van der Waals surface area contributed by atoms with Crippen LogP contribution in [-0.2, 0) is 10.0 Å². The topological polar surface area (TPSA) is 81.4 Å². The number of hydrogen-bond acceptors (Lipinski definition) is 4. The minimum atomic E-state index is -4.34. The Bertz CT molecular complexity index is 547. The molecule has 1 rings (SSSR count). The highest BCUT2D eigenvalue weighted by atomic mass is 32.2. The first-order valence-electron chi connectivity index (χ1n) is 6.21. The van der Waals surface area contributed by atoms with Gasteiger partial charge in [0.05, 0.1) is 11.4 Å². The average Bonchev–Trinajstić information content (AvgIpc) is 2.34. The molecule has 0 aliphatic heterocycles. The van der Waals surface area contributed by atoms with Gasteiger partial charge in [-0.1, -0.05) is 12.1 Å². The fraction of sp³-hybridized carbons (Fsp3) is 0.500. The lowest BCUT2D eigenvalue weighted by Crippen LogP contribution is -2.30. The summed E-state index contributed by atoms with van der Waals surface area (Å²) < 4.78 is 66.1. The number of alkyl halides is 3. The maximum Gasteiger partial charge on any atom is 0.389 e. The van der Waals surface area contributed by atoms with E-state index in [0.29, 0.717) is 11.4 Å². The summed E-state index contributed by atoms with van der Waals surface area (Å²) in [5, 5.41) is 0. The van der Waals surface area contributed by atoms with Gasteiger partial charge in [0.2, 0.25) is 10.0 Å². The Morgan fingerprint density at radius 1 is 1.24 bits per heavy atom. The molecule has 0 spiro atoms. The summed E-state index contributed by atoms with van der Waals surface area (Å²) in [7, 11) is -3.73. The number of ether oxygens (including phenoxy) is 1. The van der Waals surface area contributed by atoms with Gasteiger partial charge in [-0.15, -0.1) is 0 Å². The molecule has 1 aromatic carbocycles. The molecule has 9 heteroatoms. The van der Waals surface area contributed by atoms with Crippen molar-refractivity contribution in [2.45, 2.75) is 19.0 Å². The van der Waals surface area contributed by atoms with Crippen LogP contribution in [0, 0.1) is 0 Å². The molecule has 3 N–H and O–H groups in total. The highest BCUT2D eigenvalue weighted by Crippen LogP contribution is 2.21. The third kappa shape index (κ3) is 7.76. The molecular weight excluding hydrogens is 309 g/mol. The Hall–Kier alpha value is -1.48. The Morgan fingerprint density at radius 3 is 2.52 bits per heavy atom. The van der Waals surface area contributed by atoms with Crippen LogP contribution in [-0.4, -0.2) is 33.5 Å². The average molecular weight is 326 g/mol. The summed E-state index contributed by atoms with van der Waals surface area (Å²) in [5.74, 6) is -0.145. The van der Waals surface area contributed by atoms with E-state index in [1.54, 1.807) is 24.3 Å². The van der Waals surface area contributed by atoms with E-state index in [1.807, 2.05) is 0 Å². The van der Waals surface area contributed by atoms with Crippen LogP contribution < -0.4 is 15.2 Å². The van der Waals surface area contributed by atoms with Crippen molar-refractivity contribution in [2.24, 2.45) is 0 Å². The normalized spacial score (nSPS) is 12.3. The molecular formula is C12H17F3N2O3S. The van der Waals surface area contributed by atoms with Gasteiger partial charge in [-0.3, -0.25) is 0 Å². The minimum absolute atomic E-state index is 0.0344. The highest BCUT2D eigenvalue weighted by Gasteiger charge is 2.27. The molecule has 0 saturated carbocycles. The summed E-state index contributed by atoms with van der Waals surface area (Å²) >= 11 is 0. The highest BCUT2D eigenvalue weighted by molar-refractivity contribution is 7.89. The van der Waals surface area contributed by atoms with Crippen molar-refractivity contribution in [3.05, 3.63) is 24.3 Å². The molecule has 0 unspecified atom stereocenters. The van der Waals surface area contributed by atoms with Crippen LogP contribution in [0.15, 0.2) is 24.3 Å². The van der Waals surface area contributed by atoms with Gasteiger partial charge in [0.1, 0.15) is 12.4 Å². The Kier molecular flexibility index (Phi) is 6.28. The molecule has 0 saturated heterocycles. The molecule has 21 heavy (non-hydrogen) atoms. The van der Waals surface area contributed by atoms with E-state index in [0.717, 1.165) is 0 Å². The zero-order valence-electron chi connectivity index (χ0n) is 11.2. The number of nitrogens with two attached hydrogens (primary N) is 1. The zero-order valence-corrected chi connectivity index (χ0v) is 12.0. The van der Waals surface area contributed by atoms with E-state index in [1.165, 1.54) is 0 Å². The number of benzene rings is 1. The summed E-state index contributed by atoms with van der Waals surface area (Å²) in [5.41, 5.74) is 6.05. The van der Waals surface area contributed by atoms with Crippen molar-refractivity contribution in [2.75, 3.05) is 24.6 Å². The second kappa shape index (κ2) is 7.51. The fourth-order valence-electron chi connectivity index (χ4n) is 1.50. The number of rotatable bonds is 8. The minimum Gasteiger partial charge on any atom is -0.490 e. The van der Waals surface area contributed by atoms with Gasteiger partial charge in [0.15, 0.2) is 0 Å². The number of sulfonamides is 1. The van der Waals surface area contributed by atoms with Gasteiger partial charge < -0.3 is 10.5 Å². The first-order valence-corrected chi connectivity index (χ1v) is 7.86. The van der Waals surface area contributed by atoms with Crippen LogP contribution in [0.1, 0.15) is 12.8 Å². The standard InChI is InChI=1S/C12H17F3N2O3S/c13-12(14,15)6-3-9-21(18,19)17-7-8-20-11-5-2-1-4-10(11)16/h1-2,4-5,17H,3,6-9,16H2. The Balaban J connectivity index is 2.26. The third-order valence-electron chi connectivity index (χ3n) is 2.47. The summed E-state index contributed by atoms with van der Waals surface area (Å²) in [6.45, 7) is -0.00456. The zero-order chi connectivity index (χ0) is 15.9. The van der Waals surface area contributed by atoms with E-state index in [-0.39, 0.29) is 13.2 Å². The maximum atomic E-state index is 11.9. The van der Waals surface area contributed by atoms with E-state index in [9.17, 15) is 21.6 Å². The number of nitrogens with one attached hydrogen (secondary N) is 1. The first-order chi connectivity index (χ1) is 9.70. The van der Waals surface area contributed by atoms with Crippen molar-refractivity contribution in [1.82, 2.24) is 4.72 Å². The number of para-hydroxylation sites is 2. The smallest absolute Gasteiger partial charge is 0.389 e. The quantitative estimate of drug-likeness (QED) is 0.565. The van der Waals surface area contributed by atoms with Crippen LogP contribution >= 0.6 is 0 Å². The van der Waals surface area contributed by atoms with Crippen LogP contribution in [0.4, 0.5) is 18.9 Å². The third-order valence-corrected chi connectivity index (χ3v) is 3.94. The van der Waals surface area contributed by atoms with Gasteiger partial charge in [0.25, 0.3) is 0 Å². The van der Waals surface area contributed by atoms with Crippen LogP contribution in [0.2, 0.25) is 0 Å². The molecule has 0 aliphatic rings. The number of anilines is 1. The van der Waals surface area contributed by atoms with Gasteiger partial charge in [0, 0.05) is 13.0 Å².